The predicted octanol–water partition coefficient (Wildman–Crippen LogP) is 0.972. The Bertz CT molecular complexity index is 53.6. The van der Waals surface area contributed by atoms with E-state index in [0.717, 1.165) is 19.5 Å². The summed E-state index contributed by atoms with van der Waals surface area (Å²) in [4.78, 5) is 0. The van der Waals surface area contributed by atoms with E-state index in [0.29, 0.717) is 6.61 Å². The maximum Gasteiger partial charge on any atom is 0.113 e. The molecule has 0 saturated heterocycles. The molecule has 2 nitrogen and oxygen atoms in total. The maximum absolute atomic E-state index is 11.4. The topological polar surface area (TPSA) is 21.3 Å². The molecule has 0 aromatic carbocycles. The second-order valence-electron chi connectivity index (χ2n) is 2.05. The van der Waals surface area contributed by atoms with Gasteiger partial charge in [-0.2, -0.15) is 0 Å². The van der Waals surface area contributed by atoms with Crippen LogP contribution < -0.4 is 5.32 Å². The van der Waals surface area contributed by atoms with Crippen LogP contribution in [-0.4, -0.2) is 33.0 Å². The third kappa shape index (κ3) is 7.85. The number of rotatable bonds is 7. The fourth-order valence-corrected chi connectivity index (χ4v) is 0.603. The summed E-state index contributed by atoms with van der Waals surface area (Å²) < 4.78 is 16.3. The molecule has 0 aromatic rings. The average molecular weight is 149 g/mol. The van der Waals surface area contributed by atoms with Crippen molar-refractivity contribution in [1.29, 1.82) is 0 Å². The molecular formula is C7H16FNO. The molecule has 0 aromatic heterocycles. The predicted molar refractivity (Wildman–Crippen MR) is 40.0 cm³/mol. The van der Waals surface area contributed by atoms with Crippen LogP contribution in [0.25, 0.3) is 0 Å². The summed E-state index contributed by atoms with van der Waals surface area (Å²) in [7, 11) is 0. The molecule has 0 amide bonds. The van der Waals surface area contributed by atoms with Gasteiger partial charge in [-0.15, -0.1) is 0 Å². The number of alkyl halides is 1. The van der Waals surface area contributed by atoms with Gasteiger partial charge in [0.15, 0.2) is 0 Å². The van der Waals surface area contributed by atoms with Gasteiger partial charge in [0.1, 0.15) is 6.67 Å². The Balaban J connectivity index is 2.65. The van der Waals surface area contributed by atoms with Gasteiger partial charge in [-0.25, -0.2) is 4.39 Å². The van der Waals surface area contributed by atoms with E-state index >= 15 is 0 Å². The van der Waals surface area contributed by atoms with E-state index in [4.69, 9.17) is 4.74 Å². The molecule has 0 fully saturated rings. The van der Waals surface area contributed by atoms with Gasteiger partial charge in [0.25, 0.3) is 0 Å². The van der Waals surface area contributed by atoms with Crippen LogP contribution in [0.4, 0.5) is 4.39 Å². The van der Waals surface area contributed by atoms with Gasteiger partial charge in [-0.1, -0.05) is 6.92 Å². The maximum atomic E-state index is 11.4. The van der Waals surface area contributed by atoms with Crippen LogP contribution in [0, 0.1) is 0 Å². The molecule has 0 unspecified atom stereocenters. The molecule has 0 spiro atoms. The van der Waals surface area contributed by atoms with Gasteiger partial charge < -0.3 is 10.1 Å². The molecule has 10 heavy (non-hydrogen) atoms. The highest BCUT2D eigenvalue weighted by Gasteiger charge is 1.85. The summed E-state index contributed by atoms with van der Waals surface area (Å²) in [6.07, 6.45) is 1.13. The van der Waals surface area contributed by atoms with Gasteiger partial charge in [-0.3, -0.25) is 0 Å². The van der Waals surface area contributed by atoms with Crippen LogP contribution in [0.3, 0.4) is 0 Å². The van der Waals surface area contributed by atoms with Gasteiger partial charge in [0.05, 0.1) is 13.2 Å². The first-order chi connectivity index (χ1) is 4.91. The summed E-state index contributed by atoms with van der Waals surface area (Å²) >= 11 is 0. The molecule has 0 aliphatic heterocycles. The number of halogens is 1. The standard InChI is InChI=1S/C7H16FNO/c1-2-4-9-5-7-10-6-3-8/h9H,2-7H2,1H3. The molecule has 0 radical (unpaired) electrons. The molecular weight excluding hydrogens is 133 g/mol. The fraction of sp³-hybridized carbons (Fsp3) is 1.00. The average Bonchev–Trinajstić information content (AvgIpc) is 1.97. The smallest absolute Gasteiger partial charge is 0.113 e. The van der Waals surface area contributed by atoms with Crippen LogP contribution in [0.1, 0.15) is 13.3 Å². The van der Waals surface area contributed by atoms with Crippen molar-refractivity contribution in [2.45, 2.75) is 13.3 Å². The Morgan fingerprint density at radius 1 is 1.30 bits per heavy atom. The van der Waals surface area contributed by atoms with Crippen LogP contribution >= 0.6 is 0 Å². The van der Waals surface area contributed by atoms with Crippen molar-refractivity contribution in [2.75, 3.05) is 33.0 Å². The fourth-order valence-electron chi connectivity index (χ4n) is 0.603. The minimum atomic E-state index is -0.381. The normalized spacial score (nSPS) is 10.2. The van der Waals surface area contributed by atoms with E-state index in [9.17, 15) is 4.39 Å². The number of hydrogen-bond acceptors (Lipinski definition) is 2. The minimum Gasteiger partial charge on any atom is -0.377 e. The summed E-state index contributed by atoms with van der Waals surface area (Å²) in [5.74, 6) is 0. The highest BCUT2D eigenvalue weighted by Crippen LogP contribution is 1.75. The Hall–Kier alpha value is -0.150. The first kappa shape index (κ1) is 9.85. The summed E-state index contributed by atoms with van der Waals surface area (Å²) in [6.45, 7) is 4.41. The van der Waals surface area contributed by atoms with Crippen LogP contribution in [0.2, 0.25) is 0 Å². The number of ether oxygens (including phenoxy) is 1. The Kier molecular flexibility index (Phi) is 8.72. The number of nitrogens with one attached hydrogen (secondary N) is 1. The third-order valence-corrected chi connectivity index (χ3v) is 1.07. The summed E-state index contributed by atoms with van der Waals surface area (Å²) in [5, 5.41) is 3.15. The Morgan fingerprint density at radius 3 is 2.70 bits per heavy atom. The van der Waals surface area contributed by atoms with Gasteiger partial charge in [-0.05, 0) is 13.0 Å². The zero-order chi connectivity index (χ0) is 7.66. The van der Waals surface area contributed by atoms with Crippen LogP contribution in [0.15, 0.2) is 0 Å². The van der Waals surface area contributed by atoms with Crippen LogP contribution in [-0.2, 0) is 4.74 Å². The van der Waals surface area contributed by atoms with E-state index in [1.165, 1.54) is 0 Å². The molecule has 3 heteroatoms. The number of hydrogen-bond donors (Lipinski definition) is 1. The van der Waals surface area contributed by atoms with Crippen molar-refractivity contribution in [3.05, 3.63) is 0 Å². The van der Waals surface area contributed by atoms with Crippen molar-refractivity contribution in [1.82, 2.24) is 5.32 Å². The zero-order valence-corrected chi connectivity index (χ0v) is 6.53. The lowest BCUT2D eigenvalue weighted by Crippen LogP contribution is -2.20. The lowest BCUT2D eigenvalue weighted by atomic mass is 10.5. The minimum absolute atomic E-state index is 0.230. The lowest BCUT2D eigenvalue weighted by molar-refractivity contribution is 0.121. The third-order valence-electron chi connectivity index (χ3n) is 1.07. The highest BCUT2D eigenvalue weighted by molar-refractivity contribution is 4.42. The molecule has 0 aliphatic carbocycles. The Morgan fingerprint density at radius 2 is 2.10 bits per heavy atom. The molecule has 0 heterocycles. The van der Waals surface area contributed by atoms with Gasteiger partial charge >= 0.3 is 0 Å². The van der Waals surface area contributed by atoms with E-state index in [-0.39, 0.29) is 13.3 Å². The molecule has 0 aliphatic rings. The van der Waals surface area contributed by atoms with E-state index < -0.39 is 0 Å². The van der Waals surface area contributed by atoms with Crippen molar-refractivity contribution in [3.8, 4) is 0 Å². The molecule has 62 valence electrons. The summed E-state index contributed by atoms with van der Waals surface area (Å²) in [5.41, 5.74) is 0. The first-order valence-electron chi connectivity index (χ1n) is 3.76. The largest absolute Gasteiger partial charge is 0.377 e. The SMILES string of the molecule is CCCNCCOCCF. The zero-order valence-electron chi connectivity index (χ0n) is 6.53. The van der Waals surface area contributed by atoms with Gasteiger partial charge in [0, 0.05) is 6.54 Å². The first-order valence-corrected chi connectivity index (χ1v) is 3.76. The van der Waals surface area contributed by atoms with E-state index in [1.54, 1.807) is 0 Å². The summed E-state index contributed by atoms with van der Waals surface area (Å²) in [6, 6.07) is 0. The van der Waals surface area contributed by atoms with Crippen molar-refractivity contribution < 1.29 is 9.13 Å². The second-order valence-corrected chi connectivity index (χ2v) is 2.05. The lowest BCUT2D eigenvalue weighted by Gasteiger charge is -2.01. The molecule has 0 atom stereocenters. The quantitative estimate of drug-likeness (QED) is 0.545. The van der Waals surface area contributed by atoms with Crippen molar-refractivity contribution in [3.63, 3.8) is 0 Å². The molecule has 1 N–H and O–H groups in total. The van der Waals surface area contributed by atoms with Crippen molar-refractivity contribution >= 4 is 0 Å². The Labute approximate surface area is 61.8 Å². The molecule has 0 saturated carbocycles. The van der Waals surface area contributed by atoms with Gasteiger partial charge in [0.2, 0.25) is 0 Å². The molecule has 0 rings (SSSR count). The van der Waals surface area contributed by atoms with E-state index in [1.807, 2.05) is 0 Å². The molecule has 0 bridgehead atoms. The second kappa shape index (κ2) is 8.85. The monoisotopic (exact) mass is 149 g/mol. The van der Waals surface area contributed by atoms with Crippen molar-refractivity contribution in [2.24, 2.45) is 0 Å². The van der Waals surface area contributed by atoms with E-state index in [2.05, 4.69) is 12.2 Å². The van der Waals surface area contributed by atoms with Crippen LogP contribution in [0.5, 0.6) is 0 Å². The highest BCUT2D eigenvalue weighted by atomic mass is 19.1.